The number of fused-ring (bicyclic) bond motifs is 1. The lowest BCUT2D eigenvalue weighted by Gasteiger charge is -2.16. The van der Waals surface area contributed by atoms with Crippen molar-refractivity contribution in [1.29, 1.82) is 0 Å². The fourth-order valence-corrected chi connectivity index (χ4v) is 4.15. The Kier molecular flexibility index (Phi) is 5.06. The average molecular weight is 286 g/mol. The van der Waals surface area contributed by atoms with E-state index in [4.69, 9.17) is 11.5 Å². The van der Waals surface area contributed by atoms with Crippen LogP contribution in [0.1, 0.15) is 25.7 Å². The molecule has 7 heteroatoms. The number of carbonyl (C=O) groups excluding carboxylic acids is 2. The van der Waals surface area contributed by atoms with Gasteiger partial charge < -0.3 is 22.1 Å². The Hall–Kier alpha value is -0.790. The molecule has 0 spiro atoms. The predicted octanol–water partition coefficient (Wildman–Crippen LogP) is -0.433. The highest BCUT2D eigenvalue weighted by atomic mass is 32.2. The van der Waals surface area contributed by atoms with Crippen molar-refractivity contribution in [2.45, 2.75) is 49.1 Å². The van der Waals surface area contributed by atoms with E-state index in [9.17, 15) is 9.59 Å². The van der Waals surface area contributed by atoms with Gasteiger partial charge in [0.2, 0.25) is 0 Å². The van der Waals surface area contributed by atoms with Crippen molar-refractivity contribution in [2.75, 3.05) is 12.3 Å². The summed E-state index contributed by atoms with van der Waals surface area (Å²) in [6.07, 6.45) is 3.37. The number of unbranched alkanes of at least 4 members (excludes halogenated alkanes) is 1. The van der Waals surface area contributed by atoms with Gasteiger partial charge in [0.05, 0.1) is 18.1 Å². The molecule has 2 fully saturated rings. The van der Waals surface area contributed by atoms with E-state index >= 15 is 0 Å². The van der Waals surface area contributed by atoms with Gasteiger partial charge in [-0.25, -0.2) is 4.79 Å². The molecule has 6 nitrogen and oxygen atoms in total. The van der Waals surface area contributed by atoms with Crippen molar-refractivity contribution in [1.82, 2.24) is 10.6 Å². The topological polar surface area (TPSA) is 110 Å². The lowest BCUT2D eigenvalue weighted by Crippen LogP contribution is -2.38. The van der Waals surface area contributed by atoms with Crippen LogP contribution in [0.5, 0.6) is 0 Å². The van der Waals surface area contributed by atoms with E-state index in [0.29, 0.717) is 11.7 Å². The first-order chi connectivity index (χ1) is 9.11. The Balaban J connectivity index is 1.64. The van der Waals surface area contributed by atoms with E-state index in [0.717, 1.165) is 25.0 Å². The van der Waals surface area contributed by atoms with Gasteiger partial charge in [-0.15, -0.1) is 0 Å². The van der Waals surface area contributed by atoms with E-state index in [1.54, 1.807) is 0 Å². The summed E-state index contributed by atoms with van der Waals surface area (Å²) in [5, 5.41) is 6.35. The van der Waals surface area contributed by atoms with E-state index in [1.807, 2.05) is 11.8 Å². The largest absolute Gasteiger partial charge is 0.332 e. The molecule has 0 aromatic carbocycles. The molecule has 0 saturated carbocycles. The van der Waals surface area contributed by atoms with Crippen molar-refractivity contribution in [2.24, 2.45) is 11.5 Å². The number of nitrogens with two attached hydrogens (primary N) is 2. The fourth-order valence-electron chi connectivity index (χ4n) is 2.60. The number of thioether (sulfide) groups is 1. The van der Waals surface area contributed by atoms with Gasteiger partial charge in [0, 0.05) is 24.0 Å². The first kappa shape index (κ1) is 14.6. The minimum Gasteiger partial charge on any atom is -0.332 e. The second-order valence-corrected chi connectivity index (χ2v) is 6.45. The number of hydrogen-bond acceptors (Lipinski definition) is 5. The Bertz CT molecular complexity index is 353. The number of hydrogen-bond donors (Lipinski definition) is 4. The summed E-state index contributed by atoms with van der Waals surface area (Å²) in [5.74, 6) is 1.03. The van der Waals surface area contributed by atoms with Crippen LogP contribution in [0.25, 0.3) is 0 Å². The van der Waals surface area contributed by atoms with Crippen LogP contribution in [-0.2, 0) is 4.79 Å². The predicted molar refractivity (Wildman–Crippen MR) is 76.0 cm³/mol. The summed E-state index contributed by atoms with van der Waals surface area (Å²) in [6.45, 7) is 0.221. The first-order valence-electron chi connectivity index (χ1n) is 6.79. The highest BCUT2D eigenvalue weighted by Crippen LogP contribution is 2.33. The molecular weight excluding hydrogens is 264 g/mol. The number of carbonyl (C=O) groups is 2. The molecule has 2 amide bonds. The summed E-state index contributed by atoms with van der Waals surface area (Å²) >= 11 is 1.90. The Labute approximate surface area is 117 Å². The van der Waals surface area contributed by atoms with Crippen molar-refractivity contribution >= 4 is 23.6 Å². The Morgan fingerprint density at radius 2 is 2.21 bits per heavy atom. The van der Waals surface area contributed by atoms with E-state index in [-0.39, 0.29) is 30.4 Å². The third-order valence-corrected chi connectivity index (χ3v) is 5.28. The molecule has 2 aliphatic heterocycles. The van der Waals surface area contributed by atoms with Gasteiger partial charge in [0.25, 0.3) is 0 Å². The average Bonchev–Trinajstić information content (AvgIpc) is 2.93. The van der Waals surface area contributed by atoms with Crippen LogP contribution in [-0.4, -0.2) is 47.5 Å². The van der Waals surface area contributed by atoms with Crippen molar-refractivity contribution in [3.8, 4) is 0 Å². The molecule has 4 atom stereocenters. The van der Waals surface area contributed by atoms with Gasteiger partial charge in [-0.2, -0.15) is 11.8 Å². The van der Waals surface area contributed by atoms with Crippen LogP contribution in [0, 0.1) is 0 Å². The molecule has 108 valence electrons. The summed E-state index contributed by atoms with van der Waals surface area (Å²) < 4.78 is 0. The molecule has 2 saturated heterocycles. The number of amides is 2. The van der Waals surface area contributed by atoms with E-state index in [1.165, 1.54) is 0 Å². The van der Waals surface area contributed by atoms with Gasteiger partial charge in [-0.3, -0.25) is 4.79 Å². The third-order valence-electron chi connectivity index (χ3n) is 3.77. The molecule has 2 aliphatic rings. The summed E-state index contributed by atoms with van der Waals surface area (Å²) in [6, 6.07) is -0.0396. The SMILES string of the molecule is NCC(N)C(=O)CCCC[C@@H]1SC[C@@H]2NC(=O)N[C@@H]21. The Morgan fingerprint density at radius 1 is 1.42 bits per heavy atom. The van der Waals surface area contributed by atoms with Crippen molar-refractivity contribution in [3.05, 3.63) is 0 Å². The smallest absolute Gasteiger partial charge is 0.315 e. The van der Waals surface area contributed by atoms with Gasteiger partial charge in [0.1, 0.15) is 0 Å². The normalized spacial score (nSPS) is 30.6. The molecule has 2 heterocycles. The molecular formula is C12H22N4O2S. The van der Waals surface area contributed by atoms with Crippen LogP contribution < -0.4 is 22.1 Å². The molecule has 19 heavy (non-hydrogen) atoms. The molecule has 0 radical (unpaired) electrons. The molecule has 0 bridgehead atoms. The van der Waals surface area contributed by atoms with Crippen LogP contribution in [0.4, 0.5) is 4.79 Å². The highest BCUT2D eigenvalue weighted by molar-refractivity contribution is 8.00. The number of Topliss-reactive ketones (excluding diaryl/α,β-unsaturated/α-hetero) is 1. The third kappa shape index (κ3) is 3.61. The van der Waals surface area contributed by atoms with Crippen LogP contribution in [0.15, 0.2) is 0 Å². The maximum absolute atomic E-state index is 11.5. The number of rotatable bonds is 7. The molecule has 1 unspecified atom stereocenters. The zero-order valence-electron chi connectivity index (χ0n) is 10.9. The van der Waals surface area contributed by atoms with Crippen LogP contribution >= 0.6 is 11.8 Å². The van der Waals surface area contributed by atoms with E-state index in [2.05, 4.69) is 10.6 Å². The molecule has 6 N–H and O–H groups in total. The van der Waals surface area contributed by atoms with E-state index < -0.39 is 6.04 Å². The Morgan fingerprint density at radius 3 is 2.95 bits per heavy atom. The molecule has 2 rings (SSSR count). The van der Waals surface area contributed by atoms with Crippen LogP contribution in [0.2, 0.25) is 0 Å². The number of urea groups is 1. The quantitative estimate of drug-likeness (QED) is 0.375. The monoisotopic (exact) mass is 286 g/mol. The molecule has 0 aliphatic carbocycles. The van der Waals surface area contributed by atoms with Crippen LogP contribution in [0.3, 0.4) is 0 Å². The summed E-state index contributed by atoms with van der Waals surface area (Å²) in [5.41, 5.74) is 10.9. The maximum Gasteiger partial charge on any atom is 0.315 e. The molecule has 0 aromatic heterocycles. The van der Waals surface area contributed by atoms with Gasteiger partial charge >= 0.3 is 6.03 Å². The van der Waals surface area contributed by atoms with Crippen molar-refractivity contribution in [3.63, 3.8) is 0 Å². The lowest BCUT2D eigenvalue weighted by molar-refractivity contribution is -0.120. The fraction of sp³-hybridized carbons (Fsp3) is 0.833. The molecule has 0 aromatic rings. The van der Waals surface area contributed by atoms with Gasteiger partial charge in [0.15, 0.2) is 5.78 Å². The van der Waals surface area contributed by atoms with Gasteiger partial charge in [-0.05, 0) is 12.8 Å². The minimum atomic E-state index is -0.511. The minimum absolute atomic E-state index is 0.0512. The highest BCUT2D eigenvalue weighted by Gasteiger charge is 2.42. The standard InChI is InChI=1S/C12H22N4O2S/c13-5-7(14)9(17)3-1-2-4-10-11-8(6-19-10)15-12(18)16-11/h7-8,10-11H,1-6,13-14H2,(H2,15,16,18)/t7?,8-,10-,11-/m0/s1. The number of nitrogens with one attached hydrogen (secondary N) is 2. The lowest BCUT2D eigenvalue weighted by atomic mass is 10.0. The maximum atomic E-state index is 11.5. The summed E-state index contributed by atoms with van der Waals surface area (Å²) in [4.78, 5) is 22.7. The second-order valence-electron chi connectivity index (χ2n) is 5.18. The zero-order chi connectivity index (χ0) is 13.8. The zero-order valence-corrected chi connectivity index (χ0v) is 11.7. The number of ketones is 1. The van der Waals surface area contributed by atoms with Gasteiger partial charge in [-0.1, -0.05) is 6.42 Å². The second kappa shape index (κ2) is 6.58. The summed E-state index contributed by atoms with van der Waals surface area (Å²) in [7, 11) is 0. The first-order valence-corrected chi connectivity index (χ1v) is 7.83. The van der Waals surface area contributed by atoms with Crippen molar-refractivity contribution < 1.29 is 9.59 Å².